The molecule has 2 aromatic heterocycles. The molecule has 1 N–H and O–H groups in total. The fraction of sp³-hybridized carbons (Fsp3) is 0.654. The first-order chi connectivity index (χ1) is 17.4. The van der Waals surface area contributed by atoms with Gasteiger partial charge in [0.2, 0.25) is 5.95 Å². The summed E-state index contributed by atoms with van der Waals surface area (Å²) in [5.74, 6) is 4.08. The number of piperazine rings is 1. The number of halogens is 3. The minimum absolute atomic E-state index is 0.00581. The van der Waals surface area contributed by atoms with Crippen LogP contribution in [0.3, 0.4) is 0 Å². The first-order valence-corrected chi connectivity index (χ1v) is 13.4. The van der Waals surface area contributed by atoms with Crippen LogP contribution in [-0.2, 0) is 6.18 Å². The van der Waals surface area contributed by atoms with E-state index in [1.807, 2.05) is 0 Å². The first kappa shape index (κ1) is 23.6. The lowest BCUT2D eigenvalue weighted by Gasteiger charge is -2.37. The maximum Gasteiger partial charge on any atom is 0.419 e. The Morgan fingerprint density at radius 3 is 2.33 bits per heavy atom. The second-order valence-corrected chi connectivity index (χ2v) is 10.7. The summed E-state index contributed by atoms with van der Waals surface area (Å²) in [5, 5.41) is 3.74. The van der Waals surface area contributed by atoms with Gasteiger partial charge in [-0.25, -0.2) is 4.98 Å². The van der Waals surface area contributed by atoms with Crippen LogP contribution >= 0.6 is 0 Å². The van der Waals surface area contributed by atoms with Crippen LogP contribution < -0.4 is 20.0 Å². The highest BCUT2D eigenvalue weighted by atomic mass is 19.4. The van der Waals surface area contributed by atoms with Gasteiger partial charge >= 0.3 is 6.18 Å². The van der Waals surface area contributed by atoms with E-state index in [2.05, 4.69) is 26.2 Å². The highest BCUT2D eigenvalue weighted by Crippen LogP contribution is 2.45. The predicted molar refractivity (Wildman–Crippen MR) is 135 cm³/mol. The smallest absolute Gasteiger partial charge is 0.367 e. The second kappa shape index (κ2) is 9.59. The van der Waals surface area contributed by atoms with Gasteiger partial charge in [0.05, 0.1) is 5.56 Å². The molecule has 3 atom stereocenters. The molecule has 0 radical (unpaired) electrons. The number of alkyl halides is 3. The number of hydrogen-bond donors (Lipinski definition) is 1. The summed E-state index contributed by atoms with van der Waals surface area (Å²) < 4.78 is 40.6. The number of hydrogen-bond acceptors (Lipinski definition) is 7. The van der Waals surface area contributed by atoms with Gasteiger partial charge in [-0.1, -0.05) is 6.42 Å². The largest absolute Gasteiger partial charge is 0.419 e. The van der Waals surface area contributed by atoms with Crippen molar-refractivity contribution >= 4 is 23.4 Å². The second-order valence-electron chi connectivity index (χ2n) is 10.7. The zero-order valence-electron chi connectivity index (χ0n) is 20.6. The van der Waals surface area contributed by atoms with E-state index in [4.69, 9.17) is 9.97 Å². The van der Waals surface area contributed by atoms with Crippen molar-refractivity contribution in [3.8, 4) is 0 Å². The van der Waals surface area contributed by atoms with Crippen molar-refractivity contribution in [1.29, 1.82) is 0 Å². The Morgan fingerprint density at radius 1 is 0.861 bits per heavy atom. The van der Waals surface area contributed by atoms with Gasteiger partial charge in [0.25, 0.3) is 0 Å². The molecule has 4 fully saturated rings. The predicted octanol–water partition coefficient (Wildman–Crippen LogP) is 4.81. The molecule has 2 saturated heterocycles. The standard InChI is InChI=1S/C26H34F3N7/c27-26(28,29)20-5-4-8-30-24(20)35-11-13-36(14-12-35)25-32-22(31-21-16-18-6-7-19(21)15-18)17-23(33-25)34-9-2-1-3-10-34/h4-5,8,17-19,21H,1-3,6-7,9-16H2,(H,31,32,33)/t18-,19?,21?/m1/s1. The molecule has 194 valence electrons. The molecule has 10 heteroatoms. The van der Waals surface area contributed by atoms with Crippen LogP contribution in [0.5, 0.6) is 0 Å². The van der Waals surface area contributed by atoms with Gasteiger partial charge in [-0.05, 0) is 62.5 Å². The minimum Gasteiger partial charge on any atom is -0.367 e. The van der Waals surface area contributed by atoms with Crippen molar-refractivity contribution in [2.24, 2.45) is 11.8 Å². The average molecular weight is 502 g/mol. The van der Waals surface area contributed by atoms with Gasteiger partial charge in [0.15, 0.2) is 0 Å². The number of nitrogens with one attached hydrogen (secondary N) is 1. The number of nitrogens with zero attached hydrogens (tertiary/aromatic N) is 6. The van der Waals surface area contributed by atoms with Crippen LogP contribution in [0.15, 0.2) is 24.4 Å². The molecular weight excluding hydrogens is 467 g/mol. The number of anilines is 4. The van der Waals surface area contributed by atoms with Gasteiger partial charge in [-0.2, -0.15) is 23.1 Å². The van der Waals surface area contributed by atoms with Crippen LogP contribution in [0.4, 0.5) is 36.6 Å². The average Bonchev–Trinajstić information content (AvgIpc) is 3.52. The third kappa shape index (κ3) is 4.78. The summed E-state index contributed by atoms with van der Waals surface area (Å²) in [5.41, 5.74) is -0.681. The molecule has 36 heavy (non-hydrogen) atoms. The fourth-order valence-electron chi connectivity index (χ4n) is 6.52. The number of rotatable bonds is 5. The van der Waals surface area contributed by atoms with E-state index in [1.165, 1.54) is 57.2 Å². The van der Waals surface area contributed by atoms with Crippen LogP contribution in [0.1, 0.15) is 50.5 Å². The summed E-state index contributed by atoms with van der Waals surface area (Å²) >= 11 is 0. The van der Waals surface area contributed by atoms with Gasteiger partial charge in [0, 0.05) is 57.6 Å². The fourth-order valence-corrected chi connectivity index (χ4v) is 6.52. The van der Waals surface area contributed by atoms with Gasteiger partial charge in [-0.3, -0.25) is 0 Å². The van der Waals surface area contributed by atoms with Crippen molar-refractivity contribution in [3.05, 3.63) is 30.0 Å². The number of piperidine rings is 1. The molecule has 2 aliphatic heterocycles. The van der Waals surface area contributed by atoms with Crippen molar-refractivity contribution in [2.45, 2.75) is 57.2 Å². The van der Waals surface area contributed by atoms with E-state index in [0.29, 0.717) is 38.2 Å². The lowest BCUT2D eigenvalue weighted by molar-refractivity contribution is -0.137. The third-order valence-electron chi connectivity index (χ3n) is 8.41. The highest BCUT2D eigenvalue weighted by molar-refractivity contribution is 5.56. The van der Waals surface area contributed by atoms with E-state index in [1.54, 1.807) is 4.90 Å². The van der Waals surface area contributed by atoms with E-state index in [-0.39, 0.29) is 5.82 Å². The number of aromatic nitrogens is 3. The van der Waals surface area contributed by atoms with Crippen molar-refractivity contribution in [2.75, 3.05) is 59.3 Å². The molecule has 7 nitrogen and oxygen atoms in total. The molecule has 2 aliphatic carbocycles. The van der Waals surface area contributed by atoms with Crippen LogP contribution in [0.25, 0.3) is 0 Å². The molecule has 2 unspecified atom stereocenters. The molecule has 4 heterocycles. The number of pyridine rings is 1. The van der Waals surface area contributed by atoms with Crippen LogP contribution in [0.2, 0.25) is 0 Å². The summed E-state index contributed by atoms with van der Waals surface area (Å²) in [6.07, 6.45) is 5.78. The monoisotopic (exact) mass is 501 g/mol. The summed E-state index contributed by atoms with van der Waals surface area (Å²) in [4.78, 5) is 20.1. The van der Waals surface area contributed by atoms with E-state index in [0.717, 1.165) is 42.6 Å². The molecule has 6 rings (SSSR count). The van der Waals surface area contributed by atoms with Gasteiger partial charge < -0.3 is 20.0 Å². The molecule has 2 aromatic rings. The van der Waals surface area contributed by atoms with Gasteiger partial charge in [0.1, 0.15) is 17.5 Å². The van der Waals surface area contributed by atoms with Crippen molar-refractivity contribution in [3.63, 3.8) is 0 Å². The molecule has 0 amide bonds. The molecule has 2 bridgehead atoms. The lowest BCUT2D eigenvalue weighted by atomic mass is 9.95. The molecule has 2 saturated carbocycles. The zero-order valence-corrected chi connectivity index (χ0v) is 20.6. The lowest BCUT2D eigenvalue weighted by Crippen LogP contribution is -2.48. The van der Waals surface area contributed by atoms with Crippen LogP contribution in [-0.4, -0.2) is 60.3 Å². The highest BCUT2D eigenvalue weighted by Gasteiger charge is 2.40. The van der Waals surface area contributed by atoms with Crippen molar-refractivity contribution < 1.29 is 13.2 Å². The Morgan fingerprint density at radius 2 is 1.64 bits per heavy atom. The van der Waals surface area contributed by atoms with Gasteiger partial charge in [-0.15, -0.1) is 0 Å². The summed E-state index contributed by atoms with van der Waals surface area (Å²) in [6, 6.07) is 5.02. The van der Waals surface area contributed by atoms with E-state index in [9.17, 15) is 13.2 Å². The normalized spacial score (nSPS) is 26.5. The van der Waals surface area contributed by atoms with Crippen molar-refractivity contribution in [1.82, 2.24) is 15.0 Å². The Balaban J connectivity index is 1.21. The maximum atomic E-state index is 13.5. The zero-order chi connectivity index (χ0) is 24.7. The number of fused-ring (bicyclic) bond motifs is 2. The van der Waals surface area contributed by atoms with E-state index < -0.39 is 11.7 Å². The molecular formula is C26H34F3N7. The van der Waals surface area contributed by atoms with Crippen LogP contribution in [0, 0.1) is 11.8 Å². The molecule has 0 aromatic carbocycles. The maximum absolute atomic E-state index is 13.5. The third-order valence-corrected chi connectivity index (χ3v) is 8.41. The first-order valence-electron chi connectivity index (χ1n) is 13.4. The Hall–Kier alpha value is -2.78. The quantitative estimate of drug-likeness (QED) is 0.631. The Kier molecular flexibility index (Phi) is 6.29. The topological polar surface area (TPSA) is 60.4 Å². The Bertz CT molecular complexity index is 1060. The SMILES string of the molecule is FC(F)(F)c1cccnc1N1CCN(c2nc(NC3C[C@@H]4CCC3C4)cc(N3CCCCC3)n2)CC1. The summed E-state index contributed by atoms with van der Waals surface area (Å²) in [7, 11) is 0. The minimum atomic E-state index is -4.42. The van der Waals surface area contributed by atoms with E-state index >= 15 is 0 Å². The molecule has 4 aliphatic rings. The summed E-state index contributed by atoms with van der Waals surface area (Å²) in [6.45, 7) is 3.96. The molecule has 0 spiro atoms. The Labute approximate surface area is 210 Å².